The van der Waals surface area contributed by atoms with Crippen LogP contribution in [0, 0.1) is 11.3 Å². The Morgan fingerprint density at radius 2 is 1.94 bits per heavy atom. The van der Waals surface area contributed by atoms with Crippen LogP contribution in [-0.4, -0.2) is 23.0 Å². The molecule has 1 fully saturated rings. The van der Waals surface area contributed by atoms with Crippen LogP contribution in [-0.2, 0) is 9.59 Å². The fourth-order valence-electron chi connectivity index (χ4n) is 2.98. The predicted molar refractivity (Wildman–Crippen MR) is 65.6 cm³/mol. The lowest BCUT2D eigenvalue weighted by Gasteiger charge is -2.39. The molecule has 1 aliphatic carbocycles. The van der Waals surface area contributed by atoms with Gasteiger partial charge in [0.15, 0.2) is 0 Å². The van der Waals surface area contributed by atoms with Gasteiger partial charge < -0.3 is 10.4 Å². The molecule has 2 N–H and O–H groups in total. The third-order valence-corrected chi connectivity index (χ3v) is 3.32. The van der Waals surface area contributed by atoms with E-state index in [-0.39, 0.29) is 30.2 Å². The first-order valence-corrected chi connectivity index (χ1v) is 6.30. The van der Waals surface area contributed by atoms with Crippen molar-refractivity contribution in [1.82, 2.24) is 5.32 Å². The van der Waals surface area contributed by atoms with Crippen molar-refractivity contribution in [3.05, 3.63) is 0 Å². The maximum absolute atomic E-state index is 11.6. The van der Waals surface area contributed by atoms with E-state index in [1.165, 1.54) is 6.42 Å². The molecule has 1 rings (SSSR count). The monoisotopic (exact) mass is 241 g/mol. The standard InChI is InChI=1S/C13H23NO3/c1-9-6-10(8-13(2,3)7-9)14-11(15)4-5-12(16)17/h9-10H,4-8H2,1-3H3,(H,14,15)(H,16,17)/t9-,10+/m1/s1. The van der Waals surface area contributed by atoms with Gasteiger partial charge in [-0.25, -0.2) is 0 Å². The summed E-state index contributed by atoms with van der Waals surface area (Å²) in [7, 11) is 0. The second-order valence-corrected chi connectivity index (χ2v) is 6.07. The van der Waals surface area contributed by atoms with E-state index in [0.29, 0.717) is 5.92 Å². The Bertz CT molecular complexity index is 299. The number of amides is 1. The highest BCUT2D eigenvalue weighted by atomic mass is 16.4. The zero-order chi connectivity index (χ0) is 13.1. The van der Waals surface area contributed by atoms with Crippen LogP contribution in [0.5, 0.6) is 0 Å². The summed E-state index contributed by atoms with van der Waals surface area (Å²) in [6, 6.07) is 0.204. The van der Waals surface area contributed by atoms with Crippen LogP contribution in [0.15, 0.2) is 0 Å². The van der Waals surface area contributed by atoms with Crippen molar-refractivity contribution in [2.45, 2.75) is 58.9 Å². The van der Waals surface area contributed by atoms with Crippen LogP contribution in [0.4, 0.5) is 0 Å². The Labute approximate surface area is 103 Å². The zero-order valence-corrected chi connectivity index (χ0v) is 11.0. The molecular formula is C13H23NO3. The molecule has 0 aromatic heterocycles. The quantitative estimate of drug-likeness (QED) is 0.792. The van der Waals surface area contributed by atoms with E-state index in [9.17, 15) is 9.59 Å². The minimum Gasteiger partial charge on any atom is -0.481 e. The third kappa shape index (κ3) is 5.20. The molecule has 1 saturated carbocycles. The van der Waals surface area contributed by atoms with Crippen LogP contribution in [0.1, 0.15) is 52.9 Å². The van der Waals surface area contributed by atoms with Crippen molar-refractivity contribution in [2.24, 2.45) is 11.3 Å². The largest absolute Gasteiger partial charge is 0.481 e. The van der Waals surface area contributed by atoms with Gasteiger partial charge in [0.05, 0.1) is 6.42 Å². The van der Waals surface area contributed by atoms with Crippen molar-refractivity contribution in [1.29, 1.82) is 0 Å². The topological polar surface area (TPSA) is 66.4 Å². The van der Waals surface area contributed by atoms with Crippen LogP contribution < -0.4 is 5.32 Å². The van der Waals surface area contributed by atoms with E-state index in [2.05, 4.69) is 26.1 Å². The van der Waals surface area contributed by atoms with Gasteiger partial charge >= 0.3 is 5.97 Å². The highest BCUT2D eigenvalue weighted by Crippen LogP contribution is 2.38. The van der Waals surface area contributed by atoms with Gasteiger partial charge in [0, 0.05) is 12.5 Å². The molecule has 98 valence electrons. The lowest BCUT2D eigenvalue weighted by molar-refractivity contribution is -0.139. The molecule has 0 aliphatic heterocycles. The lowest BCUT2D eigenvalue weighted by atomic mass is 9.70. The number of nitrogens with one attached hydrogen (secondary N) is 1. The number of carboxylic acids is 1. The average Bonchev–Trinajstić information content (AvgIpc) is 2.11. The predicted octanol–water partition coefficient (Wildman–Crippen LogP) is 2.18. The molecule has 0 unspecified atom stereocenters. The number of carboxylic acid groups (broad SMARTS) is 1. The van der Waals surface area contributed by atoms with Crippen LogP contribution >= 0.6 is 0 Å². The van der Waals surface area contributed by atoms with Crippen LogP contribution in [0.3, 0.4) is 0 Å². The molecule has 1 aliphatic rings. The highest BCUT2D eigenvalue weighted by molar-refractivity contribution is 5.80. The summed E-state index contributed by atoms with van der Waals surface area (Å²) in [5, 5.41) is 11.5. The number of rotatable bonds is 4. The van der Waals surface area contributed by atoms with Crippen molar-refractivity contribution in [2.75, 3.05) is 0 Å². The third-order valence-electron chi connectivity index (χ3n) is 3.32. The molecular weight excluding hydrogens is 218 g/mol. The summed E-state index contributed by atoms with van der Waals surface area (Å²) in [4.78, 5) is 21.9. The van der Waals surface area contributed by atoms with E-state index in [1.54, 1.807) is 0 Å². The Hall–Kier alpha value is -1.06. The molecule has 4 nitrogen and oxygen atoms in total. The highest BCUT2D eigenvalue weighted by Gasteiger charge is 2.32. The minimum absolute atomic E-state index is 0.0840. The first kappa shape index (κ1) is 14.0. The Morgan fingerprint density at radius 3 is 2.47 bits per heavy atom. The zero-order valence-electron chi connectivity index (χ0n) is 11.0. The summed E-state index contributed by atoms with van der Waals surface area (Å²) in [6.07, 6.45) is 3.17. The van der Waals surface area contributed by atoms with Crippen LogP contribution in [0.2, 0.25) is 0 Å². The summed E-state index contributed by atoms with van der Waals surface area (Å²) in [5.41, 5.74) is 0.266. The van der Waals surface area contributed by atoms with Gasteiger partial charge in [-0.2, -0.15) is 0 Å². The van der Waals surface area contributed by atoms with E-state index in [4.69, 9.17) is 5.11 Å². The Kier molecular flexibility index (Phi) is 4.54. The van der Waals surface area contributed by atoms with Crippen molar-refractivity contribution in [3.63, 3.8) is 0 Å². The first-order chi connectivity index (χ1) is 7.78. The van der Waals surface area contributed by atoms with Crippen LogP contribution in [0.25, 0.3) is 0 Å². The molecule has 0 aromatic carbocycles. The lowest BCUT2D eigenvalue weighted by Crippen LogP contribution is -2.43. The smallest absolute Gasteiger partial charge is 0.303 e. The van der Waals surface area contributed by atoms with Crippen molar-refractivity contribution < 1.29 is 14.7 Å². The van der Waals surface area contributed by atoms with E-state index < -0.39 is 5.97 Å². The van der Waals surface area contributed by atoms with Crippen molar-refractivity contribution in [3.8, 4) is 0 Å². The molecule has 1 amide bonds. The molecule has 0 spiro atoms. The molecule has 0 aromatic rings. The molecule has 0 saturated heterocycles. The maximum atomic E-state index is 11.6. The number of hydrogen-bond acceptors (Lipinski definition) is 2. The van der Waals surface area contributed by atoms with Gasteiger partial charge in [-0.05, 0) is 30.6 Å². The van der Waals surface area contributed by atoms with Gasteiger partial charge in [0.2, 0.25) is 5.91 Å². The first-order valence-electron chi connectivity index (χ1n) is 6.30. The number of carbonyl (C=O) groups is 2. The summed E-state index contributed by atoms with van der Waals surface area (Å²) >= 11 is 0. The number of carbonyl (C=O) groups excluding carboxylic acids is 1. The van der Waals surface area contributed by atoms with E-state index >= 15 is 0 Å². The van der Waals surface area contributed by atoms with Gasteiger partial charge in [0.25, 0.3) is 0 Å². The second kappa shape index (κ2) is 5.52. The van der Waals surface area contributed by atoms with Gasteiger partial charge in [0.1, 0.15) is 0 Å². The van der Waals surface area contributed by atoms with Crippen molar-refractivity contribution >= 4 is 11.9 Å². The Morgan fingerprint density at radius 1 is 1.29 bits per heavy atom. The molecule has 0 heterocycles. The second-order valence-electron chi connectivity index (χ2n) is 6.07. The molecule has 0 bridgehead atoms. The average molecular weight is 241 g/mol. The normalized spacial score (nSPS) is 27.5. The molecule has 0 radical (unpaired) electrons. The summed E-state index contributed by atoms with van der Waals surface area (Å²) < 4.78 is 0. The van der Waals surface area contributed by atoms with Gasteiger partial charge in [-0.15, -0.1) is 0 Å². The van der Waals surface area contributed by atoms with E-state index in [1.807, 2.05) is 0 Å². The number of hydrogen-bond donors (Lipinski definition) is 2. The number of aliphatic carboxylic acids is 1. The minimum atomic E-state index is -0.919. The molecule has 17 heavy (non-hydrogen) atoms. The molecule has 2 atom stereocenters. The SMILES string of the molecule is C[C@@H]1C[C@H](NC(=O)CCC(=O)O)CC(C)(C)C1. The molecule has 4 heteroatoms. The summed E-state index contributed by atoms with van der Waals surface area (Å²) in [6.45, 7) is 6.65. The maximum Gasteiger partial charge on any atom is 0.303 e. The fourth-order valence-corrected chi connectivity index (χ4v) is 2.98. The Balaban J connectivity index is 2.40. The fraction of sp³-hybridized carbons (Fsp3) is 0.846. The van der Waals surface area contributed by atoms with E-state index in [0.717, 1.165) is 12.8 Å². The van der Waals surface area contributed by atoms with Gasteiger partial charge in [-0.3, -0.25) is 9.59 Å². The van der Waals surface area contributed by atoms with Gasteiger partial charge in [-0.1, -0.05) is 20.8 Å². The summed E-state index contributed by atoms with van der Waals surface area (Å²) in [5.74, 6) is -0.441.